The lowest BCUT2D eigenvalue weighted by Gasteiger charge is -2.34. The summed E-state index contributed by atoms with van der Waals surface area (Å²) in [5.41, 5.74) is 1.11. The maximum absolute atomic E-state index is 12.6. The summed E-state index contributed by atoms with van der Waals surface area (Å²) in [5.74, 6) is -0.684. The number of fused-ring (bicyclic) bond motifs is 1. The maximum atomic E-state index is 12.6. The number of amides is 2. The van der Waals surface area contributed by atoms with Crippen LogP contribution in [-0.2, 0) is 9.59 Å². The number of nitrogens with one attached hydrogen (secondary N) is 2. The number of aliphatic hydroxyl groups excluding tert-OH is 1. The maximum Gasteiger partial charge on any atom is 0.228 e. The first-order valence-corrected chi connectivity index (χ1v) is 8.07. The van der Waals surface area contributed by atoms with Gasteiger partial charge in [0.25, 0.3) is 0 Å². The fourth-order valence-corrected chi connectivity index (χ4v) is 3.09. The third-order valence-corrected chi connectivity index (χ3v) is 4.47. The fourth-order valence-electron chi connectivity index (χ4n) is 3.09. The number of para-hydroxylation sites is 1. The molecule has 2 amide bonds. The molecule has 1 heterocycles. The molecule has 0 saturated carbocycles. The van der Waals surface area contributed by atoms with E-state index >= 15 is 0 Å². The van der Waals surface area contributed by atoms with E-state index in [0.717, 1.165) is 5.56 Å². The lowest BCUT2D eigenvalue weighted by Crippen LogP contribution is -2.45. The van der Waals surface area contributed by atoms with Crippen molar-refractivity contribution in [2.75, 3.05) is 11.9 Å². The van der Waals surface area contributed by atoms with Crippen molar-refractivity contribution in [1.82, 2.24) is 5.32 Å². The highest BCUT2D eigenvalue weighted by Gasteiger charge is 2.34. The van der Waals surface area contributed by atoms with E-state index < -0.39 is 17.4 Å². The third-order valence-electron chi connectivity index (χ3n) is 4.47. The van der Waals surface area contributed by atoms with E-state index in [4.69, 9.17) is 0 Å². The van der Waals surface area contributed by atoms with Crippen molar-refractivity contribution in [3.63, 3.8) is 0 Å². The highest BCUT2D eigenvalue weighted by Crippen LogP contribution is 2.32. The Morgan fingerprint density at radius 2 is 2.04 bits per heavy atom. The van der Waals surface area contributed by atoms with Gasteiger partial charge in [0.05, 0.1) is 12.0 Å². The van der Waals surface area contributed by atoms with Crippen molar-refractivity contribution in [2.24, 2.45) is 11.3 Å². The molecule has 0 saturated heterocycles. The molecule has 0 bridgehead atoms. The average Bonchev–Trinajstić information content (AvgIpc) is 2.50. The highest BCUT2D eigenvalue weighted by atomic mass is 16.3. The predicted molar refractivity (Wildman–Crippen MR) is 90.1 cm³/mol. The third kappa shape index (κ3) is 3.91. The quantitative estimate of drug-likeness (QED) is 0.779. The summed E-state index contributed by atoms with van der Waals surface area (Å²) in [7, 11) is 0. The standard InChI is InChI=1S/C18H26N2O3/c1-11(2)16(22)18(3,4)10-19-17(23)13-9-15(21)20-14-8-6-5-7-12(13)14/h5-8,11,13,16,22H,9-10H2,1-4H3,(H,19,23)(H,20,21). The van der Waals surface area contributed by atoms with Gasteiger partial charge in [-0.15, -0.1) is 0 Å². The van der Waals surface area contributed by atoms with Gasteiger partial charge in [-0.25, -0.2) is 0 Å². The first kappa shape index (κ1) is 17.5. The minimum absolute atomic E-state index is 0.114. The van der Waals surface area contributed by atoms with E-state index in [1.54, 1.807) is 6.07 Å². The second-order valence-electron chi connectivity index (χ2n) is 7.29. The van der Waals surface area contributed by atoms with E-state index in [-0.39, 0.29) is 24.2 Å². The summed E-state index contributed by atoms with van der Waals surface area (Å²) < 4.78 is 0. The number of hydrogen-bond donors (Lipinski definition) is 3. The molecule has 0 fully saturated rings. The molecule has 23 heavy (non-hydrogen) atoms. The van der Waals surface area contributed by atoms with Gasteiger partial charge in [0.15, 0.2) is 0 Å². The minimum atomic E-state index is -0.509. The number of carbonyl (C=O) groups is 2. The van der Waals surface area contributed by atoms with Crippen molar-refractivity contribution >= 4 is 17.5 Å². The zero-order chi connectivity index (χ0) is 17.2. The van der Waals surface area contributed by atoms with E-state index in [9.17, 15) is 14.7 Å². The number of aliphatic hydroxyl groups is 1. The van der Waals surface area contributed by atoms with Crippen LogP contribution in [-0.4, -0.2) is 29.6 Å². The lowest BCUT2D eigenvalue weighted by atomic mass is 9.80. The molecule has 0 radical (unpaired) electrons. The molecule has 0 spiro atoms. The van der Waals surface area contributed by atoms with E-state index in [1.165, 1.54) is 0 Å². The highest BCUT2D eigenvalue weighted by molar-refractivity contribution is 6.01. The van der Waals surface area contributed by atoms with Crippen molar-refractivity contribution < 1.29 is 14.7 Å². The Kier molecular flexibility index (Phi) is 5.09. The molecule has 3 N–H and O–H groups in total. The van der Waals surface area contributed by atoms with Crippen LogP contribution in [0.25, 0.3) is 0 Å². The molecule has 2 atom stereocenters. The number of rotatable bonds is 5. The van der Waals surface area contributed by atoms with E-state index in [2.05, 4.69) is 10.6 Å². The summed E-state index contributed by atoms with van der Waals surface area (Å²) in [4.78, 5) is 24.4. The van der Waals surface area contributed by atoms with Gasteiger partial charge in [-0.3, -0.25) is 9.59 Å². The topological polar surface area (TPSA) is 78.4 Å². The Labute approximate surface area is 137 Å². The molecule has 5 heteroatoms. The number of carbonyl (C=O) groups excluding carboxylic acids is 2. The van der Waals surface area contributed by atoms with Crippen LogP contribution in [0.2, 0.25) is 0 Å². The first-order valence-electron chi connectivity index (χ1n) is 8.07. The van der Waals surface area contributed by atoms with Gasteiger partial charge in [-0.2, -0.15) is 0 Å². The van der Waals surface area contributed by atoms with E-state index in [0.29, 0.717) is 12.2 Å². The molecule has 0 aliphatic carbocycles. The molecular formula is C18H26N2O3. The minimum Gasteiger partial charge on any atom is -0.392 e. The van der Waals surface area contributed by atoms with Gasteiger partial charge in [0.1, 0.15) is 0 Å². The Balaban J connectivity index is 2.08. The van der Waals surface area contributed by atoms with Gasteiger partial charge < -0.3 is 15.7 Å². The monoisotopic (exact) mass is 318 g/mol. The summed E-state index contributed by atoms with van der Waals surface area (Å²) in [6, 6.07) is 7.37. The average molecular weight is 318 g/mol. The van der Waals surface area contributed by atoms with Crippen LogP contribution < -0.4 is 10.6 Å². The Hall–Kier alpha value is -1.88. The van der Waals surface area contributed by atoms with Crippen molar-refractivity contribution in [1.29, 1.82) is 0 Å². The van der Waals surface area contributed by atoms with Crippen molar-refractivity contribution in [3.8, 4) is 0 Å². The molecular weight excluding hydrogens is 292 g/mol. The van der Waals surface area contributed by atoms with Crippen LogP contribution in [0.1, 0.15) is 45.6 Å². The van der Waals surface area contributed by atoms with E-state index in [1.807, 2.05) is 45.9 Å². The van der Waals surface area contributed by atoms with Crippen LogP contribution in [0.15, 0.2) is 24.3 Å². The Bertz CT molecular complexity index is 596. The molecule has 1 aromatic carbocycles. The zero-order valence-electron chi connectivity index (χ0n) is 14.2. The SMILES string of the molecule is CC(C)C(O)C(C)(C)CNC(=O)C1CC(=O)Nc2ccccc21. The molecule has 5 nitrogen and oxygen atoms in total. The zero-order valence-corrected chi connectivity index (χ0v) is 14.2. The first-order chi connectivity index (χ1) is 10.7. The fraction of sp³-hybridized carbons (Fsp3) is 0.556. The molecule has 0 aromatic heterocycles. The van der Waals surface area contributed by atoms with Crippen LogP contribution in [0.3, 0.4) is 0 Å². The molecule has 1 aromatic rings. The second kappa shape index (κ2) is 6.71. The number of anilines is 1. The van der Waals surface area contributed by atoms with Gasteiger partial charge in [0.2, 0.25) is 11.8 Å². The summed E-state index contributed by atoms with van der Waals surface area (Å²) in [5, 5.41) is 16.0. The normalized spacial score (nSPS) is 19.0. The largest absolute Gasteiger partial charge is 0.392 e. The van der Waals surface area contributed by atoms with Crippen LogP contribution in [0, 0.1) is 11.3 Å². The van der Waals surface area contributed by atoms with Crippen molar-refractivity contribution in [3.05, 3.63) is 29.8 Å². The van der Waals surface area contributed by atoms with Gasteiger partial charge in [-0.05, 0) is 17.5 Å². The Morgan fingerprint density at radius 3 is 2.70 bits per heavy atom. The Morgan fingerprint density at radius 1 is 1.39 bits per heavy atom. The summed E-state index contributed by atoms with van der Waals surface area (Å²) in [6.45, 7) is 8.14. The predicted octanol–water partition coefficient (Wildman–Crippen LogP) is 2.27. The number of hydrogen-bond acceptors (Lipinski definition) is 3. The van der Waals surface area contributed by atoms with Gasteiger partial charge >= 0.3 is 0 Å². The summed E-state index contributed by atoms with van der Waals surface area (Å²) in [6.07, 6.45) is -0.361. The van der Waals surface area contributed by atoms with Crippen LogP contribution in [0.5, 0.6) is 0 Å². The van der Waals surface area contributed by atoms with Gasteiger partial charge in [0, 0.05) is 24.1 Å². The molecule has 2 rings (SSSR count). The van der Waals surface area contributed by atoms with Crippen LogP contribution in [0.4, 0.5) is 5.69 Å². The lowest BCUT2D eigenvalue weighted by molar-refractivity contribution is -0.127. The summed E-state index contributed by atoms with van der Waals surface area (Å²) >= 11 is 0. The van der Waals surface area contributed by atoms with Crippen molar-refractivity contribution in [2.45, 2.75) is 46.1 Å². The van der Waals surface area contributed by atoms with Crippen LogP contribution >= 0.6 is 0 Å². The molecule has 1 aliphatic heterocycles. The smallest absolute Gasteiger partial charge is 0.228 e. The molecule has 126 valence electrons. The second-order valence-corrected chi connectivity index (χ2v) is 7.29. The molecule has 2 unspecified atom stereocenters. The van der Waals surface area contributed by atoms with Gasteiger partial charge in [-0.1, -0.05) is 45.9 Å². The molecule has 1 aliphatic rings. The number of benzene rings is 1.